The highest BCUT2D eigenvalue weighted by atomic mass is 35.5. The summed E-state index contributed by atoms with van der Waals surface area (Å²) in [5, 5.41) is -0.0516. The normalized spacial score (nSPS) is 16.5. The Bertz CT molecular complexity index is 376. The maximum atomic E-state index is 12.2. The lowest BCUT2D eigenvalue weighted by molar-refractivity contribution is -0.141. The van der Waals surface area contributed by atoms with Crippen molar-refractivity contribution in [2.75, 3.05) is 0 Å². The number of aromatic nitrogens is 1. The van der Waals surface area contributed by atoms with Crippen molar-refractivity contribution in [2.45, 2.75) is 25.1 Å². The van der Waals surface area contributed by atoms with Crippen LogP contribution in [0.25, 0.3) is 0 Å². The first kappa shape index (κ1) is 10.5. The quantitative estimate of drug-likeness (QED) is 0.787. The molecule has 15 heavy (non-hydrogen) atoms. The van der Waals surface area contributed by atoms with E-state index in [0.29, 0.717) is 0 Å². The average Bonchev–Trinajstić information content (AvgIpc) is 2.90. The Morgan fingerprint density at radius 2 is 2.07 bits per heavy atom. The molecule has 1 aromatic heterocycles. The fraction of sp³-hybridized carbons (Fsp3) is 0.444. The lowest BCUT2D eigenvalue weighted by Gasteiger charge is -2.09. The monoisotopic (exact) mass is 237 g/mol. The fourth-order valence-corrected chi connectivity index (χ4v) is 1.22. The molecule has 0 bridgehead atoms. The smallest absolute Gasteiger partial charge is 0.433 e. The lowest BCUT2D eigenvalue weighted by Crippen LogP contribution is -2.08. The zero-order chi connectivity index (χ0) is 11.1. The lowest BCUT2D eigenvalue weighted by atomic mass is 10.3. The molecular weight excluding hydrogens is 231 g/mol. The highest BCUT2D eigenvalue weighted by Crippen LogP contribution is 2.35. The molecule has 1 aromatic rings. The van der Waals surface area contributed by atoms with Crippen LogP contribution in [-0.4, -0.2) is 11.1 Å². The molecule has 0 saturated heterocycles. The van der Waals surface area contributed by atoms with Crippen LogP contribution in [0.4, 0.5) is 13.2 Å². The third-order valence-corrected chi connectivity index (χ3v) is 2.22. The Morgan fingerprint density at radius 3 is 2.53 bits per heavy atom. The Labute approximate surface area is 89.0 Å². The summed E-state index contributed by atoms with van der Waals surface area (Å²) in [6, 6.07) is 0.777. The highest BCUT2D eigenvalue weighted by molar-refractivity contribution is 6.32. The van der Waals surface area contributed by atoms with Gasteiger partial charge in [0.2, 0.25) is 0 Å². The van der Waals surface area contributed by atoms with Gasteiger partial charge in [-0.3, -0.25) is 0 Å². The minimum absolute atomic E-state index is 0.0516. The van der Waals surface area contributed by atoms with Crippen LogP contribution in [0.1, 0.15) is 18.5 Å². The third kappa shape index (κ3) is 2.53. The van der Waals surface area contributed by atoms with E-state index >= 15 is 0 Å². The number of nitrogens with zero attached hydrogens (tertiary/aromatic N) is 1. The SMILES string of the molecule is FC(F)(F)c1cc(Cl)c(OC2CC2)cn1. The zero-order valence-electron chi connectivity index (χ0n) is 7.51. The topological polar surface area (TPSA) is 22.1 Å². The molecule has 82 valence electrons. The molecule has 1 aliphatic carbocycles. The predicted molar refractivity (Wildman–Crippen MR) is 47.9 cm³/mol. The molecule has 0 aromatic carbocycles. The molecule has 1 saturated carbocycles. The van der Waals surface area contributed by atoms with E-state index in [2.05, 4.69) is 4.98 Å². The van der Waals surface area contributed by atoms with Crippen molar-refractivity contribution >= 4 is 11.6 Å². The van der Waals surface area contributed by atoms with Gasteiger partial charge in [-0.2, -0.15) is 13.2 Å². The molecule has 2 rings (SSSR count). The van der Waals surface area contributed by atoms with Gasteiger partial charge in [-0.25, -0.2) is 4.98 Å². The second-order valence-corrected chi connectivity index (χ2v) is 3.72. The number of rotatable bonds is 2. The van der Waals surface area contributed by atoms with Crippen LogP contribution >= 0.6 is 11.6 Å². The van der Waals surface area contributed by atoms with Crippen LogP contribution < -0.4 is 4.74 Å². The maximum absolute atomic E-state index is 12.2. The Hall–Kier alpha value is -0.970. The van der Waals surface area contributed by atoms with Gasteiger partial charge in [0.1, 0.15) is 5.69 Å². The van der Waals surface area contributed by atoms with Gasteiger partial charge >= 0.3 is 6.18 Å². The van der Waals surface area contributed by atoms with Crippen molar-refractivity contribution in [3.63, 3.8) is 0 Å². The van der Waals surface area contributed by atoms with Gasteiger partial charge in [-0.15, -0.1) is 0 Å². The Balaban J connectivity index is 2.21. The first-order chi connectivity index (χ1) is 6.97. The van der Waals surface area contributed by atoms with Crippen molar-refractivity contribution in [3.8, 4) is 5.75 Å². The van der Waals surface area contributed by atoms with Gasteiger partial charge < -0.3 is 4.74 Å². The third-order valence-electron chi connectivity index (χ3n) is 1.93. The average molecular weight is 238 g/mol. The predicted octanol–water partition coefficient (Wildman–Crippen LogP) is 3.30. The van der Waals surface area contributed by atoms with Gasteiger partial charge in [0, 0.05) is 0 Å². The summed E-state index contributed by atoms with van der Waals surface area (Å²) in [6.07, 6.45) is -1.54. The van der Waals surface area contributed by atoms with Crippen molar-refractivity contribution in [2.24, 2.45) is 0 Å². The molecule has 0 N–H and O–H groups in total. The Morgan fingerprint density at radius 1 is 1.40 bits per heavy atom. The standard InChI is InChI=1S/C9H7ClF3NO/c10-6-3-8(9(11,12)13)14-4-7(6)15-5-1-2-5/h3-5H,1-2H2. The summed E-state index contributed by atoms with van der Waals surface area (Å²) in [6.45, 7) is 0. The van der Waals surface area contributed by atoms with Crippen molar-refractivity contribution < 1.29 is 17.9 Å². The van der Waals surface area contributed by atoms with Crippen molar-refractivity contribution in [1.29, 1.82) is 0 Å². The van der Waals surface area contributed by atoms with Crippen LogP contribution in [0, 0.1) is 0 Å². The summed E-state index contributed by atoms with van der Waals surface area (Å²) in [5.41, 5.74) is -1.00. The summed E-state index contributed by atoms with van der Waals surface area (Å²) in [5.74, 6) is 0.215. The second kappa shape index (κ2) is 3.56. The number of hydrogen-bond donors (Lipinski definition) is 0. The number of alkyl halides is 3. The molecule has 0 amide bonds. The largest absolute Gasteiger partial charge is 0.487 e. The van der Waals surface area contributed by atoms with Gasteiger partial charge in [-0.1, -0.05) is 11.6 Å². The molecule has 0 atom stereocenters. The molecule has 0 spiro atoms. The summed E-state index contributed by atoms with van der Waals surface area (Å²) in [7, 11) is 0. The first-order valence-corrected chi connectivity index (χ1v) is 4.74. The van der Waals surface area contributed by atoms with Gasteiger partial charge in [0.25, 0.3) is 0 Å². The zero-order valence-corrected chi connectivity index (χ0v) is 8.27. The summed E-state index contributed by atoms with van der Waals surface area (Å²) >= 11 is 5.64. The molecule has 0 radical (unpaired) electrons. The van der Waals surface area contributed by atoms with Crippen molar-refractivity contribution in [1.82, 2.24) is 4.98 Å². The molecule has 2 nitrogen and oxygen atoms in total. The molecule has 0 aliphatic heterocycles. The molecule has 1 fully saturated rings. The summed E-state index contributed by atoms with van der Waals surface area (Å²) < 4.78 is 41.9. The molecule has 0 unspecified atom stereocenters. The van der Waals surface area contributed by atoms with E-state index < -0.39 is 11.9 Å². The van der Waals surface area contributed by atoms with E-state index in [9.17, 15) is 13.2 Å². The van der Waals surface area contributed by atoms with Crippen LogP contribution in [0.2, 0.25) is 5.02 Å². The van der Waals surface area contributed by atoms with Crippen LogP contribution in [-0.2, 0) is 6.18 Å². The number of pyridine rings is 1. The van der Waals surface area contributed by atoms with E-state index in [4.69, 9.17) is 16.3 Å². The maximum Gasteiger partial charge on any atom is 0.433 e. The van der Waals surface area contributed by atoms with E-state index in [1.807, 2.05) is 0 Å². The van der Waals surface area contributed by atoms with Gasteiger partial charge in [0.15, 0.2) is 5.75 Å². The van der Waals surface area contributed by atoms with Crippen LogP contribution in [0.5, 0.6) is 5.75 Å². The van der Waals surface area contributed by atoms with E-state index in [-0.39, 0.29) is 16.9 Å². The minimum atomic E-state index is -4.47. The van der Waals surface area contributed by atoms with Crippen molar-refractivity contribution in [3.05, 3.63) is 23.0 Å². The van der Waals surface area contributed by atoms with Gasteiger partial charge in [0.05, 0.1) is 17.3 Å². The second-order valence-electron chi connectivity index (χ2n) is 3.31. The molecule has 6 heteroatoms. The Kier molecular flexibility index (Phi) is 2.50. The number of hydrogen-bond acceptors (Lipinski definition) is 2. The van der Waals surface area contributed by atoms with E-state index in [0.717, 1.165) is 25.1 Å². The molecule has 1 heterocycles. The van der Waals surface area contributed by atoms with Crippen LogP contribution in [0.15, 0.2) is 12.3 Å². The molecular formula is C9H7ClF3NO. The highest BCUT2D eigenvalue weighted by Gasteiger charge is 2.33. The minimum Gasteiger partial charge on any atom is -0.487 e. The fourth-order valence-electron chi connectivity index (χ4n) is 1.03. The summed E-state index contributed by atoms with van der Waals surface area (Å²) in [4.78, 5) is 3.26. The molecule has 1 aliphatic rings. The first-order valence-electron chi connectivity index (χ1n) is 4.36. The van der Waals surface area contributed by atoms with Crippen LogP contribution in [0.3, 0.4) is 0 Å². The van der Waals surface area contributed by atoms with E-state index in [1.54, 1.807) is 0 Å². The number of halogens is 4. The number of ether oxygens (including phenoxy) is 1. The van der Waals surface area contributed by atoms with E-state index in [1.165, 1.54) is 0 Å². The van der Waals surface area contributed by atoms with Gasteiger partial charge in [-0.05, 0) is 18.9 Å².